The van der Waals surface area contributed by atoms with Crippen LogP contribution in [0.5, 0.6) is 0 Å². The van der Waals surface area contributed by atoms with Crippen molar-refractivity contribution in [1.29, 1.82) is 0 Å². The number of hydrogen-bond donors (Lipinski definition) is 2. The maximum atomic E-state index is 12.9. The predicted octanol–water partition coefficient (Wildman–Crippen LogP) is 1.50. The van der Waals surface area contributed by atoms with Gasteiger partial charge in [0.05, 0.1) is 6.10 Å². The summed E-state index contributed by atoms with van der Waals surface area (Å²) in [5, 5.41) is 12.1. The van der Waals surface area contributed by atoms with E-state index in [2.05, 4.69) is 5.32 Å². The molecule has 2 atom stereocenters. The van der Waals surface area contributed by atoms with Crippen LogP contribution in [-0.4, -0.2) is 17.8 Å². The zero-order valence-electron chi connectivity index (χ0n) is 7.80. The largest absolute Gasteiger partial charge is 0.392 e. The molecule has 2 rings (SSSR count). The molecule has 0 aromatic heterocycles. The average Bonchev–Trinajstić information content (AvgIpc) is 2.60. The first kappa shape index (κ1) is 10.4. The summed E-state index contributed by atoms with van der Waals surface area (Å²) in [7, 11) is 0. The second-order valence-corrected chi connectivity index (χ2v) is 3.65. The molecule has 5 heteroatoms. The summed E-state index contributed by atoms with van der Waals surface area (Å²) in [5.41, 5.74) is 0.322. The van der Waals surface area contributed by atoms with Crippen molar-refractivity contribution in [3.05, 3.63) is 35.1 Å². The number of nitrogens with one attached hydrogen (secondary N) is 1. The van der Waals surface area contributed by atoms with E-state index < -0.39 is 23.6 Å². The van der Waals surface area contributed by atoms with Gasteiger partial charge < -0.3 is 10.4 Å². The SMILES string of the molecule is OC1CNC(c2cc(F)c(F)c(F)c2)C1. The Hall–Kier alpha value is -1.07. The number of rotatable bonds is 1. The van der Waals surface area contributed by atoms with E-state index in [-0.39, 0.29) is 6.04 Å². The molecular formula is C10H10F3NO. The topological polar surface area (TPSA) is 32.3 Å². The van der Waals surface area contributed by atoms with Crippen molar-refractivity contribution in [3.8, 4) is 0 Å². The molecule has 0 saturated carbocycles. The van der Waals surface area contributed by atoms with Gasteiger partial charge in [0.15, 0.2) is 17.5 Å². The van der Waals surface area contributed by atoms with Crippen molar-refractivity contribution in [1.82, 2.24) is 5.32 Å². The molecule has 2 unspecified atom stereocenters. The summed E-state index contributed by atoms with van der Waals surface area (Å²) in [6, 6.07) is 1.59. The Morgan fingerprint density at radius 2 is 1.80 bits per heavy atom. The van der Waals surface area contributed by atoms with Crippen molar-refractivity contribution in [2.24, 2.45) is 0 Å². The standard InChI is InChI=1S/C10H10F3NO/c11-7-1-5(2-8(12)10(7)13)9-3-6(15)4-14-9/h1-2,6,9,14-15H,3-4H2. The van der Waals surface area contributed by atoms with Crippen LogP contribution < -0.4 is 5.32 Å². The van der Waals surface area contributed by atoms with Crippen LogP contribution in [0.15, 0.2) is 12.1 Å². The average molecular weight is 217 g/mol. The van der Waals surface area contributed by atoms with Gasteiger partial charge in [0.1, 0.15) is 0 Å². The Morgan fingerprint density at radius 3 is 2.27 bits per heavy atom. The molecule has 0 amide bonds. The van der Waals surface area contributed by atoms with Crippen LogP contribution in [0, 0.1) is 17.5 Å². The van der Waals surface area contributed by atoms with Crippen LogP contribution in [0.25, 0.3) is 0 Å². The zero-order valence-corrected chi connectivity index (χ0v) is 7.80. The Bertz CT molecular complexity index is 360. The summed E-state index contributed by atoms with van der Waals surface area (Å²) < 4.78 is 38.4. The quantitative estimate of drug-likeness (QED) is 0.699. The zero-order chi connectivity index (χ0) is 11.0. The molecule has 0 aliphatic carbocycles. The van der Waals surface area contributed by atoms with Gasteiger partial charge in [-0.15, -0.1) is 0 Å². The Morgan fingerprint density at radius 1 is 1.20 bits per heavy atom. The van der Waals surface area contributed by atoms with Gasteiger partial charge in [0.25, 0.3) is 0 Å². The number of aliphatic hydroxyl groups excluding tert-OH is 1. The van der Waals surface area contributed by atoms with Crippen molar-refractivity contribution >= 4 is 0 Å². The molecule has 15 heavy (non-hydrogen) atoms. The lowest BCUT2D eigenvalue weighted by atomic mass is 10.0. The molecule has 82 valence electrons. The maximum Gasteiger partial charge on any atom is 0.194 e. The Balaban J connectivity index is 2.29. The highest BCUT2D eigenvalue weighted by Crippen LogP contribution is 2.25. The number of hydrogen-bond acceptors (Lipinski definition) is 2. The van der Waals surface area contributed by atoms with Crippen molar-refractivity contribution < 1.29 is 18.3 Å². The van der Waals surface area contributed by atoms with E-state index in [4.69, 9.17) is 0 Å². The molecule has 2 N–H and O–H groups in total. The van der Waals surface area contributed by atoms with Gasteiger partial charge in [0.2, 0.25) is 0 Å². The molecule has 0 radical (unpaired) electrons. The first-order chi connectivity index (χ1) is 7.08. The number of benzene rings is 1. The molecule has 1 heterocycles. The van der Waals surface area contributed by atoms with Gasteiger partial charge in [-0.25, -0.2) is 13.2 Å². The minimum Gasteiger partial charge on any atom is -0.392 e. The molecule has 1 aromatic carbocycles. The van der Waals surface area contributed by atoms with E-state index >= 15 is 0 Å². The number of halogens is 3. The summed E-state index contributed by atoms with van der Waals surface area (Å²) >= 11 is 0. The van der Waals surface area contributed by atoms with Gasteiger partial charge in [-0.2, -0.15) is 0 Å². The Kier molecular flexibility index (Phi) is 2.67. The normalized spacial score (nSPS) is 25.9. The maximum absolute atomic E-state index is 12.9. The van der Waals surface area contributed by atoms with Crippen LogP contribution in [-0.2, 0) is 0 Å². The summed E-state index contributed by atoms with van der Waals surface area (Å²) in [4.78, 5) is 0. The van der Waals surface area contributed by atoms with Crippen molar-refractivity contribution in [2.75, 3.05) is 6.54 Å². The second-order valence-electron chi connectivity index (χ2n) is 3.65. The minimum atomic E-state index is -1.46. The third kappa shape index (κ3) is 1.98. The van der Waals surface area contributed by atoms with Crippen LogP contribution in [0.1, 0.15) is 18.0 Å². The van der Waals surface area contributed by atoms with Crippen LogP contribution in [0.4, 0.5) is 13.2 Å². The third-order valence-corrected chi connectivity index (χ3v) is 2.52. The predicted molar refractivity (Wildman–Crippen MR) is 47.7 cm³/mol. The molecule has 0 spiro atoms. The van der Waals surface area contributed by atoms with E-state index in [0.29, 0.717) is 18.5 Å². The highest BCUT2D eigenvalue weighted by Gasteiger charge is 2.25. The molecular weight excluding hydrogens is 207 g/mol. The highest BCUT2D eigenvalue weighted by molar-refractivity contribution is 5.23. The van der Waals surface area contributed by atoms with Crippen LogP contribution in [0.2, 0.25) is 0 Å². The van der Waals surface area contributed by atoms with Crippen molar-refractivity contribution in [3.63, 3.8) is 0 Å². The second kappa shape index (κ2) is 3.83. The van der Waals surface area contributed by atoms with E-state index in [0.717, 1.165) is 12.1 Å². The van der Waals surface area contributed by atoms with E-state index in [9.17, 15) is 18.3 Å². The van der Waals surface area contributed by atoms with Gasteiger partial charge >= 0.3 is 0 Å². The molecule has 1 saturated heterocycles. The van der Waals surface area contributed by atoms with E-state index in [1.165, 1.54) is 0 Å². The fourth-order valence-corrected chi connectivity index (χ4v) is 1.75. The molecule has 2 nitrogen and oxygen atoms in total. The van der Waals surface area contributed by atoms with Crippen LogP contribution >= 0.6 is 0 Å². The highest BCUT2D eigenvalue weighted by atomic mass is 19.2. The van der Waals surface area contributed by atoms with E-state index in [1.807, 2.05) is 0 Å². The number of aliphatic hydroxyl groups is 1. The van der Waals surface area contributed by atoms with Gasteiger partial charge in [0, 0.05) is 12.6 Å². The smallest absolute Gasteiger partial charge is 0.194 e. The fraction of sp³-hybridized carbons (Fsp3) is 0.400. The van der Waals surface area contributed by atoms with Gasteiger partial charge in [-0.05, 0) is 24.1 Å². The van der Waals surface area contributed by atoms with Crippen molar-refractivity contribution in [2.45, 2.75) is 18.6 Å². The van der Waals surface area contributed by atoms with E-state index in [1.54, 1.807) is 0 Å². The number of β-amino-alcohol motifs (C(OH)–C–C–N with tert-alkyl or cyclic N) is 1. The third-order valence-electron chi connectivity index (χ3n) is 2.52. The summed E-state index contributed by atoms with van der Waals surface area (Å²) in [6.45, 7) is 0.380. The lowest BCUT2D eigenvalue weighted by molar-refractivity contribution is 0.193. The molecule has 1 aliphatic rings. The van der Waals surface area contributed by atoms with Gasteiger partial charge in [-0.3, -0.25) is 0 Å². The summed E-state index contributed by atoms with van der Waals surface area (Å²) in [6.07, 6.45) is -0.143. The van der Waals surface area contributed by atoms with Crippen LogP contribution in [0.3, 0.4) is 0 Å². The monoisotopic (exact) mass is 217 g/mol. The molecule has 1 fully saturated rings. The molecule has 0 bridgehead atoms. The fourth-order valence-electron chi connectivity index (χ4n) is 1.75. The Labute approximate surface area is 84.7 Å². The lowest BCUT2D eigenvalue weighted by Gasteiger charge is -2.10. The first-order valence-electron chi connectivity index (χ1n) is 4.64. The van der Waals surface area contributed by atoms with Gasteiger partial charge in [-0.1, -0.05) is 0 Å². The molecule has 1 aromatic rings. The first-order valence-corrected chi connectivity index (χ1v) is 4.64. The lowest BCUT2D eigenvalue weighted by Crippen LogP contribution is -2.15. The molecule has 1 aliphatic heterocycles. The summed E-state index contributed by atoms with van der Waals surface area (Å²) in [5.74, 6) is -3.86. The minimum absolute atomic E-state index is 0.315.